The largest absolute Gasteiger partial charge is 0.493 e. The van der Waals surface area contributed by atoms with Gasteiger partial charge in [0.15, 0.2) is 17.2 Å². The van der Waals surface area contributed by atoms with Crippen molar-refractivity contribution >= 4 is 21.4 Å². The van der Waals surface area contributed by atoms with Gasteiger partial charge in [-0.3, -0.25) is 9.78 Å². The highest BCUT2D eigenvalue weighted by atomic mass is 32.2. The van der Waals surface area contributed by atoms with Crippen molar-refractivity contribution in [3.63, 3.8) is 0 Å². The van der Waals surface area contributed by atoms with Crippen LogP contribution in [-0.2, 0) is 20.0 Å². The van der Waals surface area contributed by atoms with Gasteiger partial charge < -0.3 is 10.1 Å². The molecule has 0 aliphatic heterocycles. The van der Waals surface area contributed by atoms with Crippen LogP contribution in [0.3, 0.4) is 0 Å². The Balaban J connectivity index is 1.73. The summed E-state index contributed by atoms with van der Waals surface area (Å²) in [4.78, 5) is 21.5. The lowest BCUT2D eigenvalue weighted by Crippen LogP contribution is -2.38. The summed E-state index contributed by atoms with van der Waals surface area (Å²) in [5, 5.41) is 16.5. The Bertz CT molecular complexity index is 1320. The first-order chi connectivity index (χ1) is 14.8. The normalized spacial score (nSPS) is 14.7. The Morgan fingerprint density at radius 3 is 2.77 bits per heavy atom. The third kappa shape index (κ3) is 3.94. The molecule has 1 N–H and O–H groups in total. The second kappa shape index (κ2) is 7.63. The van der Waals surface area contributed by atoms with E-state index in [1.165, 1.54) is 13.3 Å². The first-order valence-electron chi connectivity index (χ1n) is 9.53. The highest BCUT2D eigenvalue weighted by molar-refractivity contribution is 7.90. The topological polar surface area (TPSA) is 139 Å². The molecule has 11 heteroatoms. The zero-order valence-corrected chi connectivity index (χ0v) is 17.8. The van der Waals surface area contributed by atoms with E-state index >= 15 is 0 Å². The Morgan fingerprint density at radius 2 is 2.13 bits per heavy atom. The van der Waals surface area contributed by atoms with Crippen molar-refractivity contribution in [2.24, 2.45) is 0 Å². The molecule has 1 amide bonds. The molecule has 160 valence electrons. The van der Waals surface area contributed by atoms with Gasteiger partial charge in [0.1, 0.15) is 21.3 Å². The van der Waals surface area contributed by atoms with Crippen LogP contribution in [0.25, 0.3) is 16.9 Å². The van der Waals surface area contributed by atoms with Crippen LogP contribution < -0.4 is 10.1 Å². The van der Waals surface area contributed by atoms with E-state index in [4.69, 9.17) is 4.74 Å². The smallest absolute Gasteiger partial charge is 0.234 e. The monoisotopic (exact) mass is 440 g/mol. The molecular formula is C20H20N6O4S. The number of pyridine rings is 2. The number of aromatic nitrogens is 4. The van der Waals surface area contributed by atoms with Crippen molar-refractivity contribution in [1.82, 2.24) is 24.9 Å². The third-order valence-corrected chi connectivity index (χ3v) is 6.15. The quantitative estimate of drug-likeness (QED) is 0.571. The van der Waals surface area contributed by atoms with E-state index < -0.39 is 15.3 Å². The summed E-state index contributed by atoms with van der Waals surface area (Å²) < 4.78 is 29.7. The van der Waals surface area contributed by atoms with Crippen molar-refractivity contribution in [1.29, 1.82) is 5.26 Å². The molecule has 0 atom stereocenters. The fourth-order valence-corrected chi connectivity index (χ4v) is 3.83. The Hall–Kier alpha value is -3.52. The van der Waals surface area contributed by atoms with E-state index in [2.05, 4.69) is 26.5 Å². The van der Waals surface area contributed by atoms with Crippen molar-refractivity contribution in [3.05, 3.63) is 42.0 Å². The summed E-state index contributed by atoms with van der Waals surface area (Å²) in [6, 6.07) is 7.29. The lowest BCUT2D eigenvalue weighted by Gasteiger charge is -2.11. The van der Waals surface area contributed by atoms with E-state index in [1.54, 1.807) is 28.9 Å². The fraction of sp³-hybridized carbons (Fsp3) is 0.350. The molecule has 0 unspecified atom stereocenters. The van der Waals surface area contributed by atoms with Gasteiger partial charge in [0.2, 0.25) is 5.91 Å². The van der Waals surface area contributed by atoms with E-state index in [0.29, 0.717) is 46.9 Å². The first kappa shape index (κ1) is 20.7. The van der Waals surface area contributed by atoms with E-state index in [1.807, 2.05) is 0 Å². The van der Waals surface area contributed by atoms with Crippen molar-refractivity contribution in [3.8, 4) is 23.1 Å². The number of rotatable bonds is 7. The van der Waals surface area contributed by atoms with Gasteiger partial charge in [0.25, 0.3) is 0 Å². The molecule has 1 fully saturated rings. The van der Waals surface area contributed by atoms with Gasteiger partial charge in [0, 0.05) is 30.8 Å². The van der Waals surface area contributed by atoms with Gasteiger partial charge >= 0.3 is 0 Å². The van der Waals surface area contributed by atoms with Gasteiger partial charge in [-0.2, -0.15) is 5.26 Å². The van der Waals surface area contributed by atoms with Gasteiger partial charge in [0.05, 0.1) is 24.1 Å². The van der Waals surface area contributed by atoms with Crippen LogP contribution in [0.5, 0.6) is 5.75 Å². The molecule has 1 aliphatic carbocycles. The number of amides is 1. The average Bonchev–Trinajstić information content (AvgIpc) is 3.44. The molecule has 10 nitrogen and oxygen atoms in total. The van der Waals surface area contributed by atoms with E-state index in [9.17, 15) is 18.5 Å². The molecule has 3 aromatic rings. The van der Waals surface area contributed by atoms with Gasteiger partial charge in [-0.05, 0) is 31.0 Å². The summed E-state index contributed by atoms with van der Waals surface area (Å²) in [7, 11) is -1.66. The minimum Gasteiger partial charge on any atom is -0.493 e. The molecule has 0 aromatic carbocycles. The number of carbonyl (C=O) groups excluding carboxylic acids is 1. The molecule has 0 bridgehead atoms. The second-order valence-electron chi connectivity index (χ2n) is 7.50. The maximum Gasteiger partial charge on any atom is 0.234 e. The Labute approximate surface area is 178 Å². The van der Waals surface area contributed by atoms with Crippen LogP contribution in [0.2, 0.25) is 0 Å². The molecule has 3 aromatic heterocycles. The van der Waals surface area contributed by atoms with Gasteiger partial charge in [-0.15, -0.1) is 5.10 Å². The van der Waals surface area contributed by atoms with E-state index in [-0.39, 0.29) is 18.2 Å². The summed E-state index contributed by atoms with van der Waals surface area (Å²) in [6.45, 7) is 0.0357. The Kier molecular flexibility index (Phi) is 5.10. The second-order valence-corrected chi connectivity index (χ2v) is 9.76. The zero-order valence-electron chi connectivity index (χ0n) is 17.0. The van der Waals surface area contributed by atoms with Crippen LogP contribution in [0.15, 0.2) is 30.6 Å². The average molecular weight is 440 g/mol. The number of nitrogens with one attached hydrogen (secondary N) is 1. The highest BCUT2D eigenvalue weighted by Crippen LogP contribution is 2.47. The van der Waals surface area contributed by atoms with E-state index in [0.717, 1.165) is 6.26 Å². The fourth-order valence-electron chi connectivity index (χ4n) is 3.36. The molecule has 0 radical (unpaired) electrons. The number of carbonyl (C=O) groups is 1. The number of fused-ring (bicyclic) bond motifs is 1. The van der Waals surface area contributed by atoms with Crippen LogP contribution in [-0.4, -0.2) is 59.6 Å². The third-order valence-electron chi connectivity index (χ3n) is 5.20. The summed E-state index contributed by atoms with van der Waals surface area (Å²) in [6.07, 6.45) is 5.35. The molecule has 0 spiro atoms. The lowest BCUT2D eigenvalue weighted by molar-refractivity contribution is -0.123. The minimum absolute atomic E-state index is 0.0357. The number of ether oxygens (including phenoxy) is 1. The number of nitriles is 1. The molecule has 0 saturated heterocycles. The number of hydrogen-bond acceptors (Lipinski definition) is 8. The molecule has 3 heterocycles. The highest BCUT2D eigenvalue weighted by Gasteiger charge is 2.54. The molecule has 1 aliphatic rings. The number of hydrogen-bond donors (Lipinski definition) is 1. The van der Waals surface area contributed by atoms with Gasteiger partial charge in [-0.25, -0.2) is 17.9 Å². The summed E-state index contributed by atoms with van der Waals surface area (Å²) in [5.41, 5.74) is 1.27. The maximum atomic E-state index is 12.8. The Morgan fingerprint density at radius 1 is 1.35 bits per heavy atom. The SMILES string of the molecule is COc1ccc(-c2cncc(C#N)c2)n2nc(C3(C(=O)NCCS(C)(=O)=O)CC3)nc12. The predicted molar refractivity (Wildman–Crippen MR) is 111 cm³/mol. The van der Waals surface area contributed by atoms with Crippen LogP contribution in [0.4, 0.5) is 0 Å². The van der Waals surface area contributed by atoms with Crippen molar-refractivity contribution < 1.29 is 17.9 Å². The lowest BCUT2D eigenvalue weighted by atomic mass is 10.1. The summed E-state index contributed by atoms with van der Waals surface area (Å²) in [5.74, 6) is 0.411. The molecular weight excluding hydrogens is 420 g/mol. The van der Waals surface area contributed by atoms with Crippen molar-refractivity contribution in [2.75, 3.05) is 25.7 Å². The van der Waals surface area contributed by atoms with Crippen LogP contribution in [0.1, 0.15) is 24.2 Å². The summed E-state index contributed by atoms with van der Waals surface area (Å²) >= 11 is 0. The number of sulfone groups is 1. The predicted octanol–water partition coefficient (Wildman–Crippen LogP) is 0.864. The molecule has 4 rings (SSSR count). The number of nitrogens with zero attached hydrogens (tertiary/aromatic N) is 5. The standard InChI is InChI=1S/C20H20N6O4S/c1-30-16-4-3-15(14-9-13(10-21)11-22-12-14)26-17(16)24-18(25-26)20(5-6-20)19(27)23-7-8-31(2,28)29/h3-4,9,11-12H,5-8H2,1-2H3,(H,23,27). The first-order valence-corrected chi connectivity index (χ1v) is 11.6. The van der Waals surface area contributed by atoms with Crippen LogP contribution >= 0.6 is 0 Å². The van der Waals surface area contributed by atoms with Crippen molar-refractivity contribution in [2.45, 2.75) is 18.3 Å². The molecule has 31 heavy (non-hydrogen) atoms. The number of methoxy groups -OCH3 is 1. The van der Waals surface area contributed by atoms with Gasteiger partial charge in [-0.1, -0.05) is 0 Å². The maximum absolute atomic E-state index is 12.8. The minimum atomic E-state index is -3.18. The van der Waals surface area contributed by atoms with Crippen LogP contribution in [0, 0.1) is 11.3 Å². The zero-order chi connectivity index (χ0) is 22.2. The molecule has 1 saturated carbocycles.